The van der Waals surface area contributed by atoms with Gasteiger partial charge in [-0.15, -0.1) is 0 Å². The smallest absolute Gasteiger partial charge is 0.237 e. The van der Waals surface area contributed by atoms with Gasteiger partial charge in [-0.05, 0) is 53.2 Å². The van der Waals surface area contributed by atoms with E-state index in [2.05, 4.69) is 24.2 Å². The normalized spacial score (nSPS) is 26.6. The third-order valence-corrected chi connectivity index (χ3v) is 4.20. The average Bonchev–Trinajstić information content (AvgIpc) is 2.75. The summed E-state index contributed by atoms with van der Waals surface area (Å²) >= 11 is 0. The van der Waals surface area contributed by atoms with Crippen molar-refractivity contribution in [1.29, 1.82) is 0 Å². The lowest BCUT2D eigenvalue weighted by molar-refractivity contribution is -0.124. The molecule has 1 fully saturated rings. The van der Waals surface area contributed by atoms with Crippen molar-refractivity contribution in [2.75, 3.05) is 26.7 Å². The van der Waals surface area contributed by atoms with Gasteiger partial charge in [0.1, 0.15) is 0 Å². The fourth-order valence-electron chi connectivity index (χ4n) is 2.84. The Labute approximate surface area is 116 Å². The van der Waals surface area contributed by atoms with Crippen LogP contribution in [0, 0.1) is 0 Å². The second kappa shape index (κ2) is 7.22. The lowest BCUT2D eigenvalue weighted by atomic mass is 9.94. The van der Waals surface area contributed by atoms with Crippen LogP contribution in [-0.2, 0) is 9.53 Å². The molecule has 0 spiro atoms. The third kappa shape index (κ3) is 4.44. The van der Waals surface area contributed by atoms with Crippen LogP contribution in [0.4, 0.5) is 0 Å². The number of primary amides is 1. The van der Waals surface area contributed by atoms with Crippen LogP contribution in [0.15, 0.2) is 0 Å². The largest absolute Gasteiger partial charge is 0.377 e. The molecule has 1 heterocycles. The zero-order valence-electron chi connectivity index (χ0n) is 12.7. The molecule has 5 heteroatoms. The molecule has 0 aromatic carbocycles. The van der Waals surface area contributed by atoms with E-state index in [0.717, 1.165) is 39.0 Å². The first kappa shape index (κ1) is 16.4. The number of rotatable bonds is 8. The Kier molecular flexibility index (Phi) is 6.23. The number of hydrogen-bond donors (Lipinski definition) is 2. The van der Waals surface area contributed by atoms with E-state index in [1.54, 1.807) is 0 Å². The van der Waals surface area contributed by atoms with Crippen molar-refractivity contribution in [3.8, 4) is 0 Å². The summed E-state index contributed by atoms with van der Waals surface area (Å²) in [4.78, 5) is 13.9. The van der Waals surface area contributed by atoms with Gasteiger partial charge in [-0.3, -0.25) is 4.79 Å². The Balaban J connectivity index is 2.37. The molecule has 1 rings (SSSR count). The van der Waals surface area contributed by atoms with E-state index in [0.29, 0.717) is 12.1 Å². The van der Waals surface area contributed by atoms with Crippen LogP contribution >= 0.6 is 0 Å². The van der Waals surface area contributed by atoms with Crippen LogP contribution in [0.5, 0.6) is 0 Å². The maximum absolute atomic E-state index is 11.5. The molecule has 1 aliphatic rings. The predicted molar refractivity (Wildman–Crippen MR) is 77.0 cm³/mol. The van der Waals surface area contributed by atoms with E-state index in [-0.39, 0.29) is 5.91 Å². The zero-order chi connectivity index (χ0) is 14.5. The van der Waals surface area contributed by atoms with Gasteiger partial charge in [0.05, 0.1) is 11.6 Å². The molecule has 1 amide bonds. The van der Waals surface area contributed by atoms with E-state index in [1.165, 1.54) is 0 Å². The Morgan fingerprint density at radius 1 is 1.58 bits per heavy atom. The topological polar surface area (TPSA) is 67.6 Å². The van der Waals surface area contributed by atoms with E-state index >= 15 is 0 Å². The highest BCUT2D eigenvalue weighted by Gasteiger charge is 2.31. The number of amides is 1. The van der Waals surface area contributed by atoms with Crippen molar-refractivity contribution in [3.63, 3.8) is 0 Å². The highest BCUT2D eigenvalue weighted by molar-refractivity contribution is 5.84. The van der Waals surface area contributed by atoms with E-state index < -0.39 is 5.54 Å². The maximum atomic E-state index is 11.5. The Morgan fingerprint density at radius 3 is 2.74 bits per heavy atom. The molecule has 5 nitrogen and oxygen atoms in total. The second-order valence-electron chi connectivity index (χ2n) is 5.74. The highest BCUT2D eigenvalue weighted by Crippen LogP contribution is 2.19. The lowest BCUT2D eigenvalue weighted by Crippen LogP contribution is -2.53. The summed E-state index contributed by atoms with van der Waals surface area (Å²) in [5, 5.41) is 3.19. The van der Waals surface area contributed by atoms with Gasteiger partial charge in [0.15, 0.2) is 0 Å². The molecular formula is C14H29N3O2. The first-order valence-electron chi connectivity index (χ1n) is 7.27. The van der Waals surface area contributed by atoms with Gasteiger partial charge in [0.25, 0.3) is 0 Å². The highest BCUT2D eigenvalue weighted by atomic mass is 16.5. The number of hydrogen-bond acceptors (Lipinski definition) is 4. The SMILES string of the molecule is CCNC(C)(CCCN(C)C1CCOC1C)C(N)=O. The van der Waals surface area contributed by atoms with Crippen LogP contribution < -0.4 is 11.1 Å². The fraction of sp³-hybridized carbons (Fsp3) is 0.929. The summed E-state index contributed by atoms with van der Waals surface area (Å²) in [6, 6.07) is 0.499. The summed E-state index contributed by atoms with van der Waals surface area (Å²) in [7, 11) is 2.13. The minimum atomic E-state index is -0.590. The first-order valence-corrected chi connectivity index (χ1v) is 7.27. The number of nitrogens with one attached hydrogen (secondary N) is 1. The summed E-state index contributed by atoms with van der Waals surface area (Å²) in [5.41, 5.74) is 4.89. The van der Waals surface area contributed by atoms with Crippen molar-refractivity contribution < 1.29 is 9.53 Å². The van der Waals surface area contributed by atoms with Gasteiger partial charge in [-0.25, -0.2) is 0 Å². The molecule has 3 atom stereocenters. The van der Waals surface area contributed by atoms with Crippen molar-refractivity contribution in [2.24, 2.45) is 5.73 Å². The molecule has 1 aliphatic heterocycles. The number of likely N-dealkylation sites (N-methyl/N-ethyl adjacent to an activating group) is 2. The minimum absolute atomic E-state index is 0.269. The Hall–Kier alpha value is -0.650. The Bertz CT molecular complexity index is 298. The predicted octanol–water partition coefficient (Wildman–Crippen LogP) is 0.729. The quantitative estimate of drug-likeness (QED) is 0.683. The van der Waals surface area contributed by atoms with Gasteiger partial charge in [0.2, 0.25) is 5.91 Å². The zero-order valence-corrected chi connectivity index (χ0v) is 12.7. The van der Waals surface area contributed by atoms with Gasteiger partial charge in [-0.1, -0.05) is 6.92 Å². The lowest BCUT2D eigenvalue weighted by Gasteiger charge is -2.30. The van der Waals surface area contributed by atoms with Crippen LogP contribution in [0.2, 0.25) is 0 Å². The van der Waals surface area contributed by atoms with E-state index in [4.69, 9.17) is 10.5 Å². The number of ether oxygens (including phenoxy) is 1. The molecule has 112 valence electrons. The molecule has 0 aromatic heterocycles. The molecular weight excluding hydrogens is 242 g/mol. The van der Waals surface area contributed by atoms with Crippen LogP contribution in [0.3, 0.4) is 0 Å². The summed E-state index contributed by atoms with van der Waals surface area (Å²) in [6.45, 7) is 8.58. The number of nitrogens with two attached hydrogens (primary N) is 1. The van der Waals surface area contributed by atoms with Crippen molar-refractivity contribution in [3.05, 3.63) is 0 Å². The molecule has 0 bridgehead atoms. The molecule has 0 saturated carbocycles. The monoisotopic (exact) mass is 271 g/mol. The van der Waals surface area contributed by atoms with Gasteiger partial charge in [-0.2, -0.15) is 0 Å². The number of carbonyl (C=O) groups excluding carboxylic acids is 1. The van der Waals surface area contributed by atoms with Crippen LogP contribution in [0.1, 0.15) is 40.0 Å². The third-order valence-electron chi connectivity index (χ3n) is 4.20. The molecule has 0 radical (unpaired) electrons. The summed E-state index contributed by atoms with van der Waals surface area (Å²) in [5.74, 6) is -0.269. The molecule has 19 heavy (non-hydrogen) atoms. The standard InChI is InChI=1S/C14H29N3O2/c1-5-16-14(3,13(15)18)8-6-9-17(4)12-7-10-19-11(12)2/h11-12,16H,5-10H2,1-4H3,(H2,15,18). The second-order valence-corrected chi connectivity index (χ2v) is 5.74. The number of carbonyl (C=O) groups is 1. The average molecular weight is 271 g/mol. The van der Waals surface area contributed by atoms with E-state index in [9.17, 15) is 4.79 Å². The first-order chi connectivity index (χ1) is 8.90. The summed E-state index contributed by atoms with van der Waals surface area (Å²) < 4.78 is 5.58. The van der Waals surface area contributed by atoms with Crippen molar-refractivity contribution >= 4 is 5.91 Å². The molecule has 3 N–H and O–H groups in total. The van der Waals surface area contributed by atoms with Gasteiger partial charge >= 0.3 is 0 Å². The van der Waals surface area contributed by atoms with Crippen molar-refractivity contribution in [1.82, 2.24) is 10.2 Å². The minimum Gasteiger partial charge on any atom is -0.377 e. The molecule has 0 aromatic rings. The molecule has 1 saturated heterocycles. The molecule has 0 aliphatic carbocycles. The van der Waals surface area contributed by atoms with Crippen LogP contribution in [0.25, 0.3) is 0 Å². The Morgan fingerprint density at radius 2 is 2.26 bits per heavy atom. The molecule has 3 unspecified atom stereocenters. The van der Waals surface area contributed by atoms with Gasteiger partial charge in [0, 0.05) is 12.6 Å². The number of nitrogens with zero attached hydrogens (tertiary/aromatic N) is 1. The fourth-order valence-corrected chi connectivity index (χ4v) is 2.84. The van der Waals surface area contributed by atoms with Crippen LogP contribution in [-0.4, -0.2) is 55.2 Å². The van der Waals surface area contributed by atoms with Gasteiger partial charge < -0.3 is 20.7 Å². The summed E-state index contributed by atoms with van der Waals surface area (Å²) in [6.07, 6.45) is 3.12. The van der Waals surface area contributed by atoms with E-state index in [1.807, 2.05) is 13.8 Å². The maximum Gasteiger partial charge on any atom is 0.237 e. The van der Waals surface area contributed by atoms with Crippen molar-refractivity contribution in [2.45, 2.75) is 57.7 Å².